The number of thioether (sulfide) groups is 2. The fourth-order valence-electron chi connectivity index (χ4n) is 2.17. The first-order chi connectivity index (χ1) is 11.7. The number of hydrogen-bond acceptors (Lipinski definition) is 4. The molecule has 0 aromatic heterocycles. The van der Waals surface area contributed by atoms with Crippen LogP contribution in [0.2, 0.25) is 0 Å². The average Bonchev–Trinajstić information content (AvgIpc) is 2.94. The Bertz CT molecular complexity index is 554. The van der Waals surface area contributed by atoms with E-state index in [4.69, 9.17) is 11.6 Å². The molecule has 1 heterocycles. The second kappa shape index (κ2) is 10.8. The number of amides is 2. The second-order valence-electron chi connectivity index (χ2n) is 5.48. The van der Waals surface area contributed by atoms with Crippen LogP contribution in [0.25, 0.3) is 0 Å². The third-order valence-electron chi connectivity index (χ3n) is 3.50. The predicted molar refractivity (Wildman–Crippen MR) is 106 cm³/mol. The fraction of sp³-hybridized carbons (Fsp3) is 0.471. The highest BCUT2D eigenvalue weighted by molar-refractivity contribution is 8.22. The Hall–Kier alpha value is -0.980. The van der Waals surface area contributed by atoms with Crippen molar-refractivity contribution in [1.29, 1.82) is 0 Å². The minimum atomic E-state index is -0.195. The van der Waals surface area contributed by atoms with Gasteiger partial charge in [-0.2, -0.15) is 0 Å². The first-order valence-electron chi connectivity index (χ1n) is 8.22. The van der Waals surface area contributed by atoms with Gasteiger partial charge in [-0.3, -0.25) is 5.01 Å². The van der Waals surface area contributed by atoms with Crippen molar-refractivity contribution in [1.82, 2.24) is 15.8 Å². The molecule has 0 unspecified atom stereocenters. The lowest BCUT2D eigenvalue weighted by molar-refractivity contribution is 0.216. The zero-order chi connectivity index (χ0) is 17.2. The van der Waals surface area contributed by atoms with Gasteiger partial charge in [0.15, 0.2) is 0 Å². The summed E-state index contributed by atoms with van der Waals surface area (Å²) in [6, 6.07) is 10.1. The molecule has 132 valence electrons. The Kier molecular flexibility index (Phi) is 8.70. The third kappa shape index (κ3) is 6.49. The number of nitrogens with one attached hydrogen (secondary N) is 2. The van der Waals surface area contributed by atoms with E-state index >= 15 is 0 Å². The van der Waals surface area contributed by atoms with Gasteiger partial charge in [-0.25, -0.2) is 10.2 Å². The molecule has 0 fully saturated rings. The number of rotatable bonds is 9. The molecule has 0 atom stereocenters. The van der Waals surface area contributed by atoms with Crippen molar-refractivity contribution >= 4 is 41.2 Å². The molecule has 1 aromatic rings. The van der Waals surface area contributed by atoms with Crippen LogP contribution in [0.1, 0.15) is 38.2 Å². The van der Waals surface area contributed by atoms with Gasteiger partial charge in [-0.1, -0.05) is 79.9 Å². The molecule has 1 aliphatic rings. The Morgan fingerprint density at radius 1 is 1.29 bits per heavy atom. The molecule has 0 bridgehead atoms. The molecule has 4 nitrogen and oxygen atoms in total. The van der Waals surface area contributed by atoms with Crippen LogP contribution in [-0.4, -0.2) is 23.5 Å². The van der Waals surface area contributed by atoms with Crippen LogP contribution in [0, 0.1) is 0 Å². The molecular weight excluding hydrogens is 362 g/mol. The number of unbranched alkanes of at least 4 members (excludes halogenated alkanes) is 3. The van der Waals surface area contributed by atoms with Crippen molar-refractivity contribution < 1.29 is 4.79 Å². The lowest BCUT2D eigenvalue weighted by Gasteiger charge is -2.18. The van der Waals surface area contributed by atoms with Gasteiger partial charge >= 0.3 is 6.03 Å². The first kappa shape index (κ1) is 19.3. The smallest absolute Gasteiger partial charge is 0.333 e. The van der Waals surface area contributed by atoms with Gasteiger partial charge in [0, 0.05) is 12.3 Å². The molecule has 2 rings (SSSR count). The molecule has 0 radical (unpaired) electrons. The summed E-state index contributed by atoms with van der Waals surface area (Å²) in [5.74, 6) is 1.51. The zero-order valence-corrected chi connectivity index (χ0v) is 16.3. The summed E-state index contributed by atoms with van der Waals surface area (Å²) >= 11 is 9.73. The summed E-state index contributed by atoms with van der Waals surface area (Å²) in [5.41, 5.74) is 4.07. The van der Waals surface area contributed by atoms with Crippen molar-refractivity contribution in [2.24, 2.45) is 0 Å². The average molecular weight is 386 g/mol. The van der Waals surface area contributed by atoms with Crippen molar-refractivity contribution in [2.75, 3.05) is 12.4 Å². The van der Waals surface area contributed by atoms with E-state index in [0.29, 0.717) is 17.6 Å². The van der Waals surface area contributed by atoms with Crippen molar-refractivity contribution in [3.05, 3.63) is 45.3 Å². The van der Waals surface area contributed by atoms with Crippen molar-refractivity contribution in [3.8, 4) is 0 Å². The standard InChI is InChI=1S/C17H24ClN3OS2/c1-2-3-4-8-11-19-17(22)20-21-13-24-16(15(21)18)23-12-14-9-6-5-7-10-14/h5-7,9-10H,2-4,8,11-13H2,1H3,(H2,19,20,22). The Labute approximate surface area is 157 Å². The maximum Gasteiger partial charge on any atom is 0.333 e. The van der Waals surface area contributed by atoms with Crippen LogP contribution in [-0.2, 0) is 5.75 Å². The Balaban J connectivity index is 1.72. The maximum absolute atomic E-state index is 11.9. The summed E-state index contributed by atoms with van der Waals surface area (Å²) in [6.07, 6.45) is 4.57. The number of urea groups is 1. The van der Waals surface area contributed by atoms with E-state index < -0.39 is 0 Å². The number of nitrogens with zero attached hydrogens (tertiary/aromatic N) is 1. The number of hydrogen-bond donors (Lipinski definition) is 2. The normalized spacial score (nSPS) is 14.2. The molecule has 7 heteroatoms. The largest absolute Gasteiger partial charge is 0.337 e. The highest BCUT2D eigenvalue weighted by Gasteiger charge is 2.23. The predicted octanol–water partition coefficient (Wildman–Crippen LogP) is 5.09. The molecule has 2 amide bonds. The van der Waals surface area contributed by atoms with Gasteiger partial charge in [0.05, 0.1) is 10.1 Å². The van der Waals surface area contributed by atoms with Crippen LogP contribution in [0.15, 0.2) is 39.7 Å². The minimum Gasteiger partial charge on any atom is -0.337 e. The highest BCUT2D eigenvalue weighted by Crippen LogP contribution is 2.41. The van der Waals surface area contributed by atoms with Crippen LogP contribution < -0.4 is 10.7 Å². The van der Waals surface area contributed by atoms with Gasteiger partial charge in [-0.15, -0.1) is 11.8 Å². The topological polar surface area (TPSA) is 44.4 Å². The van der Waals surface area contributed by atoms with Crippen molar-refractivity contribution in [3.63, 3.8) is 0 Å². The summed E-state index contributed by atoms with van der Waals surface area (Å²) in [6.45, 7) is 2.87. The summed E-state index contributed by atoms with van der Waals surface area (Å²) in [4.78, 5) is 11.9. The van der Waals surface area contributed by atoms with E-state index in [-0.39, 0.29) is 6.03 Å². The molecule has 0 saturated carbocycles. The van der Waals surface area contributed by atoms with Gasteiger partial charge in [0.2, 0.25) is 0 Å². The second-order valence-corrected chi connectivity index (χ2v) is 8.04. The van der Waals surface area contributed by atoms with Crippen molar-refractivity contribution in [2.45, 2.75) is 38.4 Å². The van der Waals surface area contributed by atoms with E-state index in [9.17, 15) is 4.79 Å². The van der Waals surface area contributed by atoms with Crippen LogP contribution in [0.3, 0.4) is 0 Å². The quantitative estimate of drug-likeness (QED) is 0.459. The lowest BCUT2D eigenvalue weighted by Crippen LogP contribution is -2.45. The third-order valence-corrected chi connectivity index (χ3v) is 6.60. The van der Waals surface area contributed by atoms with Gasteiger partial charge in [-0.05, 0) is 12.0 Å². The molecule has 1 aliphatic heterocycles. The number of carbonyl (C=O) groups is 1. The molecule has 0 spiro atoms. The molecule has 1 aromatic carbocycles. The van der Waals surface area contributed by atoms with E-state index in [0.717, 1.165) is 22.8 Å². The number of hydrazine groups is 1. The summed E-state index contributed by atoms with van der Waals surface area (Å²) in [5, 5.41) is 5.17. The van der Waals surface area contributed by atoms with E-state index in [1.807, 2.05) is 18.2 Å². The molecular formula is C17H24ClN3OS2. The monoisotopic (exact) mass is 385 g/mol. The Morgan fingerprint density at radius 3 is 2.83 bits per heavy atom. The SMILES string of the molecule is CCCCCCNC(=O)NN1CSC(SCc2ccccc2)=C1Cl. The number of benzene rings is 1. The van der Waals surface area contributed by atoms with Gasteiger partial charge < -0.3 is 5.32 Å². The van der Waals surface area contributed by atoms with Crippen LogP contribution in [0.4, 0.5) is 4.79 Å². The van der Waals surface area contributed by atoms with E-state index in [2.05, 4.69) is 29.8 Å². The number of carbonyl (C=O) groups excluding carboxylic acids is 1. The zero-order valence-electron chi connectivity index (χ0n) is 13.9. The molecule has 0 saturated heterocycles. The molecule has 24 heavy (non-hydrogen) atoms. The number of halogens is 1. The maximum atomic E-state index is 11.9. The van der Waals surface area contributed by atoms with E-state index in [1.54, 1.807) is 28.5 Å². The van der Waals surface area contributed by atoms with Gasteiger partial charge in [0.1, 0.15) is 5.16 Å². The lowest BCUT2D eigenvalue weighted by atomic mass is 10.2. The fourth-order valence-corrected chi connectivity index (χ4v) is 4.73. The highest BCUT2D eigenvalue weighted by atomic mass is 35.5. The van der Waals surface area contributed by atoms with Crippen LogP contribution >= 0.6 is 35.1 Å². The molecule has 2 N–H and O–H groups in total. The van der Waals surface area contributed by atoms with Gasteiger partial charge in [0.25, 0.3) is 0 Å². The molecule has 0 aliphatic carbocycles. The van der Waals surface area contributed by atoms with E-state index in [1.165, 1.54) is 18.4 Å². The summed E-state index contributed by atoms with van der Waals surface area (Å²) in [7, 11) is 0. The Morgan fingerprint density at radius 2 is 2.08 bits per heavy atom. The first-order valence-corrected chi connectivity index (χ1v) is 10.6. The van der Waals surface area contributed by atoms with Crippen LogP contribution in [0.5, 0.6) is 0 Å². The summed E-state index contributed by atoms with van der Waals surface area (Å²) < 4.78 is 1.05. The minimum absolute atomic E-state index is 0.195.